The monoisotopic (exact) mass is 369 g/mol. The summed E-state index contributed by atoms with van der Waals surface area (Å²) in [5.74, 6) is 0.847. The number of nitrogens with one attached hydrogen (secondary N) is 2. The number of aromatic nitrogens is 2. The Morgan fingerprint density at radius 2 is 2.00 bits per heavy atom. The molecule has 0 radical (unpaired) electrons. The summed E-state index contributed by atoms with van der Waals surface area (Å²) in [7, 11) is 0. The van der Waals surface area contributed by atoms with Crippen molar-refractivity contribution in [2.75, 3.05) is 26.2 Å². The molecule has 1 amide bonds. The van der Waals surface area contributed by atoms with E-state index in [1.165, 1.54) is 16.2 Å². The van der Waals surface area contributed by atoms with Gasteiger partial charge in [-0.2, -0.15) is 0 Å². The van der Waals surface area contributed by atoms with Crippen molar-refractivity contribution in [3.8, 4) is 11.1 Å². The van der Waals surface area contributed by atoms with Gasteiger partial charge in [0.25, 0.3) is 5.56 Å². The Bertz CT molecular complexity index is 988. The third-order valence-electron chi connectivity index (χ3n) is 4.91. The number of amides is 1. The van der Waals surface area contributed by atoms with Gasteiger partial charge in [0.1, 0.15) is 11.4 Å². The Balaban J connectivity index is 1.57. The van der Waals surface area contributed by atoms with Gasteiger partial charge in [-0.1, -0.05) is 30.3 Å². The predicted octanol–water partition coefficient (Wildman–Crippen LogP) is 0.899. The van der Waals surface area contributed by atoms with Crippen LogP contribution in [0.5, 0.6) is 0 Å². The molecule has 3 heterocycles. The van der Waals surface area contributed by atoms with Crippen LogP contribution >= 0.6 is 11.3 Å². The molecule has 0 atom stereocenters. The molecule has 0 aliphatic carbocycles. The zero-order valence-electron chi connectivity index (χ0n) is 14.6. The van der Waals surface area contributed by atoms with Gasteiger partial charge in [-0.15, -0.1) is 11.3 Å². The Hall–Kier alpha value is -2.51. The van der Waals surface area contributed by atoms with E-state index < -0.39 is 0 Å². The molecule has 1 aromatic carbocycles. The fourth-order valence-electron chi connectivity index (χ4n) is 3.46. The van der Waals surface area contributed by atoms with Crippen molar-refractivity contribution >= 4 is 27.5 Å². The normalized spacial score (nSPS) is 15.5. The number of piperazine rings is 1. The minimum absolute atomic E-state index is 0.0770. The Morgan fingerprint density at radius 3 is 2.69 bits per heavy atom. The molecule has 1 aliphatic rings. The highest BCUT2D eigenvalue weighted by Gasteiger charge is 2.23. The zero-order chi connectivity index (χ0) is 18.1. The minimum atomic E-state index is -0.0770. The number of quaternary nitrogens is 1. The topological polar surface area (TPSA) is 70.5 Å². The molecular weight excluding hydrogens is 348 g/mol. The lowest BCUT2D eigenvalue weighted by Crippen LogP contribution is -3.13. The van der Waals surface area contributed by atoms with Crippen LogP contribution in [0.15, 0.2) is 40.5 Å². The summed E-state index contributed by atoms with van der Waals surface area (Å²) >= 11 is 1.51. The first-order valence-electron chi connectivity index (χ1n) is 8.76. The molecule has 26 heavy (non-hydrogen) atoms. The number of H-pyrrole nitrogens is 1. The first-order chi connectivity index (χ1) is 12.6. The second-order valence-corrected chi connectivity index (χ2v) is 7.50. The van der Waals surface area contributed by atoms with Crippen molar-refractivity contribution in [1.82, 2.24) is 14.9 Å². The molecule has 134 valence electrons. The van der Waals surface area contributed by atoms with Crippen LogP contribution in [0.1, 0.15) is 12.7 Å². The van der Waals surface area contributed by atoms with Crippen LogP contribution in [0.4, 0.5) is 0 Å². The van der Waals surface area contributed by atoms with E-state index >= 15 is 0 Å². The molecular formula is C19H21N4O2S+. The number of thiophene rings is 1. The summed E-state index contributed by atoms with van der Waals surface area (Å²) in [6, 6.07) is 9.92. The van der Waals surface area contributed by atoms with Crippen LogP contribution in [-0.2, 0) is 11.3 Å². The van der Waals surface area contributed by atoms with Crippen molar-refractivity contribution in [2.45, 2.75) is 13.5 Å². The van der Waals surface area contributed by atoms with Crippen molar-refractivity contribution in [1.29, 1.82) is 0 Å². The van der Waals surface area contributed by atoms with Crippen LogP contribution in [0, 0.1) is 0 Å². The van der Waals surface area contributed by atoms with Crippen molar-refractivity contribution in [3.63, 3.8) is 0 Å². The minimum Gasteiger partial charge on any atom is -0.332 e. The molecule has 2 aromatic heterocycles. The number of nitrogens with zero attached hydrogens (tertiary/aromatic N) is 2. The molecule has 2 N–H and O–H groups in total. The SMILES string of the molecule is CC(=O)N1CC[NH+](Cc2nc3scc(-c4ccccc4)c3c(=O)[nH]2)CC1. The number of aromatic amines is 1. The summed E-state index contributed by atoms with van der Waals surface area (Å²) in [5.41, 5.74) is 1.89. The molecule has 4 rings (SSSR count). The van der Waals surface area contributed by atoms with Gasteiger partial charge >= 0.3 is 0 Å². The van der Waals surface area contributed by atoms with Crippen LogP contribution in [0.25, 0.3) is 21.3 Å². The third-order valence-corrected chi connectivity index (χ3v) is 5.78. The first-order valence-corrected chi connectivity index (χ1v) is 9.64. The highest BCUT2D eigenvalue weighted by Crippen LogP contribution is 2.30. The van der Waals surface area contributed by atoms with Crippen LogP contribution in [0.3, 0.4) is 0 Å². The van der Waals surface area contributed by atoms with Gasteiger partial charge in [0, 0.05) is 17.9 Å². The maximum absolute atomic E-state index is 12.7. The smallest absolute Gasteiger partial charge is 0.260 e. The second-order valence-electron chi connectivity index (χ2n) is 6.64. The molecule has 0 bridgehead atoms. The molecule has 1 aliphatic heterocycles. The number of rotatable bonds is 3. The highest BCUT2D eigenvalue weighted by atomic mass is 32.1. The van der Waals surface area contributed by atoms with Crippen molar-refractivity contribution < 1.29 is 9.69 Å². The molecule has 0 saturated carbocycles. The van der Waals surface area contributed by atoms with E-state index in [2.05, 4.69) is 4.98 Å². The first kappa shape index (κ1) is 16.9. The van der Waals surface area contributed by atoms with Gasteiger partial charge in [-0.25, -0.2) is 4.98 Å². The van der Waals surface area contributed by atoms with Crippen LogP contribution < -0.4 is 10.5 Å². The lowest BCUT2D eigenvalue weighted by Gasteiger charge is -2.31. The van der Waals surface area contributed by atoms with Gasteiger partial charge in [-0.3, -0.25) is 9.59 Å². The van der Waals surface area contributed by atoms with E-state index in [0.717, 1.165) is 48.0 Å². The lowest BCUT2D eigenvalue weighted by molar-refractivity contribution is -0.918. The van der Waals surface area contributed by atoms with Crippen molar-refractivity contribution in [2.24, 2.45) is 0 Å². The molecule has 3 aromatic rings. The summed E-state index contributed by atoms with van der Waals surface area (Å²) in [4.78, 5) is 35.8. The number of carbonyl (C=O) groups excluding carboxylic acids is 1. The molecule has 7 heteroatoms. The average Bonchev–Trinajstić information content (AvgIpc) is 3.07. The van der Waals surface area contributed by atoms with E-state index in [4.69, 9.17) is 4.98 Å². The molecule has 1 fully saturated rings. The Morgan fingerprint density at radius 1 is 1.27 bits per heavy atom. The van der Waals surface area contributed by atoms with Gasteiger partial charge in [0.05, 0.1) is 31.6 Å². The molecule has 6 nitrogen and oxygen atoms in total. The van der Waals surface area contributed by atoms with E-state index in [1.54, 1.807) is 6.92 Å². The van der Waals surface area contributed by atoms with Gasteiger partial charge < -0.3 is 14.8 Å². The van der Waals surface area contributed by atoms with E-state index in [9.17, 15) is 9.59 Å². The number of hydrogen-bond acceptors (Lipinski definition) is 4. The lowest BCUT2D eigenvalue weighted by atomic mass is 10.1. The zero-order valence-corrected chi connectivity index (χ0v) is 15.4. The summed E-state index contributed by atoms with van der Waals surface area (Å²) in [6.07, 6.45) is 0. The summed E-state index contributed by atoms with van der Waals surface area (Å²) < 4.78 is 0. The van der Waals surface area contributed by atoms with Crippen LogP contribution in [-0.4, -0.2) is 47.0 Å². The molecule has 0 unspecified atom stereocenters. The van der Waals surface area contributed by atoms with Gasteiger partial charge in [-0.05, 0) is 5.56 Å². The third kappa shape index (κ3) is 3.27. The highest BCUT2D eigenvalue weighted by molar-refractivity contribution is 7.17. The number of hydrogen-bond donors (Lipinski definition) is 2. The molecule has 0 spiro atoms. The standard InChI is InChI=1S/C19H20N4O2S/c1-13(24)23-9-7-22(8-10-23)11-16-20-18(25)17-15(12-26-19(17)21-16)14-5-3-2-4-6-14/h2-6,12H,7-11H2,1H3,(H,20,21,25)/p+1. The average molecular weight is 369 g/mol. The largest absolute Gasteiger partial charge is 0.332 e. The van der Waals surface area contributed by atoms with E-state index in [-0.39, 0.29) is 11.5 Å². The number of benzene rings is 1. The summed E-state index contributed by atoms with van der Waals surface area (Å²) in [5, 5.41) is 2.67. The molecule has 1 saturated heterocycles. The number of fused-ring (bicyclic) bond motifs is 1. The van der Waals surface area contributed by atoms with E-state index in [1.807, 2.05) is 40.6 Å². The Labute approximate surface area is 155 Å². The van der Waals surface area contributed by atoms with Crippen molar-refractivity contribution in [3.05, 3.63) is 51.9 Å². The fraction of sp³-hybridized carbons (Fsp3) is 0.316. The summed E-state index contributed by atoms with van der Waals surface area (Å²) in [6.45, 7) is 5.55. The second kappa shape index (κ2) is 7.01. The predicted molar refractivity (Wildman–Crippen MR) is 102 cm³/mol. The quantitative estimate of drug-likeness (QED) is 0.721. The fourth-order valence-corrected chi connectivity index (χ4v) is 4.43. The van der Waals surface area contributed by atoms with Gasteiger partial charge in [0.15, 0.2) is 5.82 Å². The number of carbonyl (C=O) groups is 1. The Kier molecular flexibility index (Phi) is 4.57. The maximum atomic E-state index is 12.7. The maximum Gasteiger partial charge on any atom is 0.260 e. The van der Waals surface area contributed by atoms with Gasteiger partial charge in [0.2, 0.25) is 5.91 Å². The van der Waals surface area contributed by atoms with Crippen LogP contribution in [0.2, 0.25) is 0 Å². The van der Waals surface area contributed by atoms with E-state index in [0.29, 0.717) is 11.9 Å².